The number of halogens is 1. The van der Waals surface area contributed by atoms with Gasteiger partial charge in [0.1, 0.15) is 16.2 Å². The number of hydrogen-bond donors (Lipinski definition) is 0. The fourth-order valence-corrected chi connectivity index (χ4v) is 3.98. The molecule has 0 unspecified atom stereocenters. The maximum absolute atomic E-state index is 11.9. The van der Waals surface area contributed by atoms with Crippen LogP contribution in [0.4, 0.5) is 5.69 Å². The van der Waals surface area contributed by atoms with Crippen LogP contribution in [-0.2, 0) is 22.4 Å². The lowest BCUT2D eigenvalue weighted by atomic mass is 10.3. The lowest BCUT2D eigenvalue weighted by Crippen LogP contribution is -2.26. The predicted molar refractivity (Wildman–Crippen MR) is 80.0 cm³/mol. The molecule has 0 saturated carbocycles. The van der Waals surface area contributed by atoms with Gasteiger partial charge in [0, 0.05) is 5.38 Å². The van der Waals surface area contributed by atoms with Crippen molar-refractivity contribution >= 4 is 45.0 Å². The average Bonchev–Trinajstić information content (AvgIpc) is 2.90. The van der Waals surface area contributed by atoms with E-state index in [-0.39, 0.29) is 4.90 Å². The minimum Gasteiger partial charge on any atom is -0.324 e. The SMILES string of the molecule is O=S1(=O)N=CN(Cc2nc(CCl)cs2)c2ccccc21. The molecule has 0 bridgehead atoms. The number of thiazole rings is 1. The molecule has 20 heavy (non-hydrogen) atoms. The monoisotopic (exact) mass is 327 g/mol. The maximum Gasteiger partial charge on any atom is 0.285 e. The molecule has 0 spiro atoms. The first-order chi connectivity index (χ1) is 9.60. The van der Waals surface area contributed by atoms with E-state index in [1.807, 2.05) is 5.38 Å². The standard InChI is InChI=1S/C12H10ClN3O2S2/c13-5-9-7-19-12(15-9)6-16-8-14-20(17,18)11-4-2-1-3-10(11)16/h1-4,7-8H,5-6H2. The van der Waals surface area contributed by atoms with Gasteiger partial charge in [-0.15, -0.1) is 27.3 Å². The number of aromatic nitrogens is 1. The zero-order valence-corrected chi connectivity index (χ0v) is 12.6. The summed E-state index contributed by atoms with van der Waals surface area (Å²) in [5.41, 5.74) is 1.44. The minimum absolute atomic E-state index is 0.219. The summed E-state index contributed by atoms with van der Waals surface area (Å²) in [6, 6.07) is 6.80. The number of alkyl halides is 1. The van der Waals surface area contributed by atoms with E-state index < -0.39 is 10.0 Å². The molecule has 5 nitrogen and oxygen atoms in total. The van der Waals surface area contributed by atoms with Gasteiger partial charge in [0.15, 0.2) is 0 Å². The Bertz CT molecular complexity index is 771. The Morgan fingerprint density at radius 2 is 2.10 bits per heavy atom. The molecule has 1 aliphatic heterocycles. The number of hydrogen-bond acceptors (Lipinski definition) is 5. The van der Waals surface area contributed by atoms with Crippen molar-refractivity contribution in [2.75, 3.05) is 4.90 Å². The van der Waals surface area contributed by atoms with Gasteiger partial charge in [0.2, 0.25) is 0 Å². The van der Waals surface area contributed by atoms with Crippen LogP contribution >= 0.6 is 22.9 Å². The molecule has 0 N–H and O–H groups in total. The van der Waals surface area contributed by atoms with Gasteiger partial charge < -0.3 is 4.90 Å². The van der Waals surface area contributed by atoms with Crippen molar-refractivity contribution in [2.45, 2.75) is 17.3 Å². The molecule has 0 fully saturated rings. The highest BCUT2D eigenvalue weighted by molar-refractivity contribution is 7.90. The first-order valence-electron chi connectivity index (χ1n) is 5.75. The van der Waals surface area contributed by atoms with Crippen molar-refractivity contribution in [2.24, 2.45) is 4.40 Å². The predicted octanol–water partition coefficient (Wildman–Crippen LogP) is 2.62. The summed E-state index contributed by atoms with van der Waals surface area (Å²) < 4.78 is 27.4. The second kappa shape index (κ2) is 5.16. The third-order valence-electron chi connectivity index (χ3n) is 2.82. The summed E-state index contributed by atoms with van der Waals surface area (Å²) in [7, 11) is -3.58. The Kier molecular flexibility index (Phi) is 3.49. The van der Waals surface area contributed by atoms with Gasteiger partial charge in [0.25, 0.3) is 10.0 Å². The van der Waals surface area contributed by atoms with E-state index in [4.69, 9.17) is 11.6 Å². The van der Waals surface area contributed by atoms with E-state index in [0.29, 0.717) is 18.1 Å². The number of rotatable bonds is 3. The first-order valence-corrected chi connectivity index (χ1v) is 8.61. The van der Waals surface area contributed by atoms with E-state index in [1.165, 1.54) is 17.7 Å². The van der Waals surface area contributed by atoms with Crippen LogP contribution in [0.25, 0.3) is 0 Å². The number of fused-ring (bicyclic) bond motifs is 1. The molecule has 104 valence electrons. The highest BCUT2D eigenvalue weighted by atomic mass is 35.5. The fraction of sp³-hybridized carbons (Fsp3) is 0.167. The molecular formula is C12H10ClN3O2S2. The molecule has 0 saturated heterocycles. The van der Waals surface area contributed by atoms with Gasteiger partial charge in [-0.1, -0.05) is 12.1 Å². The van der Waals surface area contributed by atoms with Crippen LogP contribution < -0.4 is 4.90 Å². The van der Waals surface area contributed by atoms with Crippen molar-refractivity contribution in [3.63, 3.8) is 0 Å². The van der Waals surface area contributed by atoms with Gasteiger partial charge in [-0.2, -0.15) is 8.42 Å². The Morgan fingerprint density at radius 1 is 1.30 bits per heavy atom. The van der Waals surface area contributed by atoms with Gasteiger partial charge in [-0.25, -0.2) is 4.98 Å². The molecular weight excluding hydrogens is 318 g/mol. The summed E-state index contributed by atoms with van der Waals surface area (Å²) in [5.74, 6) is 0.371. The number of anilines is 1. The van der Waals surface area contributed by atoms with Gasteiger partial charge in [-0.3, -0.25) is 0 Å². The van der Waals surface area contributed by atoms with Crippen LogP contribution in [-0.4, -0.2) is 19.7 Å². The number of sulfonamides is 1. The van der Waals surface area contributed by atoms with Crippen molar-refractivity contribution in [1.82, 2.24) is 4.98 Å². The Balaban J connectivity index is 1.95. The minimum atomic E-state index is -3.58. The molecule has 3 rings (SSSR count). The van der Waals surface area contributed by atoms with Gasteiger partial charge >= 0.3 is 0 Å². The van der Waals surface area contributed by atoms with Gasteiger partial charge in [0.05, 0.1) is 23.8 Å². The van der Waals surface area contributed by atoms with Crippen LogP contribution in [0, 0.1) is 0 Å². The molecule has 1 aromatic carbocycles. The molecule has 1 aromatic heterocycles. The number of nitrogens with zero attached hydrogens (tertiary/aromatic N) is 3. The number of para-hydroxylation sites is 1. The molecule has 1 aliphatic rings. The van der Waals surface area contributed by atoms with Crippen molar-refractivity contribution < 1.29 is 8.42 Å². The summed E-state index contributed by atoms with van der Waals surface area (Å²) in [5, 5.41) is 2.76. The largest absolute Gasteiger partial charge is 0.324 e. The third kappa shape index (κ3) is 2.44. The van der Waals surface area contributed by atoms with Crippen molar-refractivity contribution in [3.8, 4) is 0 Å². The van der Waals surface area contributed by atoms with Crippen molar-refractivity contribution in [3.05, 3.63) is 40.3 Å². The third-order valence-corrected chi connectivity index (χ3v) is 5.25. The van der Waals surface area contributed by atoms with Crippen LogP contribution in [0.15, 0.2) is 38.9 Å². The Labute approximate surface area is 125 Å². The van der Waals surface area contributed by atoms with E-state index >= 15 is 0 Å². The summed E-state index contributed by atoms with van der Waals surface area (Å²) in [6.45, 7) is 0.470. The lowest BCUT2D eigenvalue weighted by molar-refractivity contribution is 0.597. The average molecular weight is 328 g/mol. The van der Waals surface area contributed by atoms with E-state index in [0.717, 1.165) is 10.7 Å². The maximum atomic E-state index is 11.9. The molecule has 0 atom stereocenters. The molecule has 0 amide bonds. The molecule has 2 heterocycles. The Hall–Kier alpha value is -1.44. The summed E-state index contributed by atoms with van der Waals surface area (Å²) in [4.78, 5) is 6.36. The highest BCUT2D eigenvalue weighted by Crippen LogP contribution is 2.30. The van der Waals surface area contributed by atoms with Crippen LogP contribution in [0.3, 0.4) is 0 Å². The second-order valence-corrected chi connectivity index (χ2v) is 6.97. The highest BCUT2D eigenvalue weighted by Gasteiger charge is 2.25. The fourth-order valence-electron chi connectivity index (χ4n) is 1.91. The summed E-state index contributed by atoms with van der Waals surface area (Å²) in [6.07, 6.45) is 1.33. The topological polar surface area (TPSA) is 62.6 Å². The lowest BCUT2D eigenvalue weighted by Gasteiger charge is -2.23. The quantitative estimate of drug-likeness (QED) is 0.813. The van der Waals surface area contributed by atoms with Gasteiger partial charge in [-0.05, 0) is 12.1 Å². The molecule has 8 heteroatoms. The van der Waals surface area contributed by atoms with Crippen LogP contribution in [0.2, 0.25) is 0 Å². The normalized spacial score (nSPS) is 16.1. The Morgan fingerprint density at radius 3 is 2.85 bits per heavy atom. The molecule has 2 aromatic rings. The first kappa shape index (κ1) is 13.5. The van der Waals surface area contributed by atoms with Crippen LogP contribution in [0.1, 0.15) is 10.7 Å². The summed E-state index contributed by atoms with van der Waals surface area (Å²) >= 11 is 7.22. The van der Waals surface area contributed by atoms with Crippen molar-refractivity contribution in [1.29, 1.82) is 0 Å². The van der Waals surface area contributed by atoms with E-state index in [1.54, 1.807) is 29.2 Å². The zero-order valence-electron chi connectivity index (χ0n) is 10.2. The number of benzene rings is 1. The second-order valence-electron chi connectivity index (χ2n) is 4.16. The molecule has 0 aliphatic carbocycles. The van der Waals surface area contributed by atoms with E-state index in [2.05, 4.69) is 9.38 Å². The van der Waals surface area contributed by atoms with Crippen LogP contribution in [0.5, 0.6) is 0 Å². The zero-order chi connectivity index (χ0) is 14.2. The smallest absolute Gasteiger partial charge is 0.285 e. The molecule has 0 radical (unpaired) electrons. The van der Waals surface area contributed by atoms with E-state index in [9.17, 15) is 8.42 Å².